The summed E-state index contributed by atoms with van der Waals surface area (Å²) in [6.45, 7) is 1.18. The smallest absolute Gasteiger partial charge is 0.286 e. The summed E-state index contributed by atoms with van der Waals surface area (Å²) in [7, 11) is 1.57. The molecule has 1 aliphatic rings. The van der Waals surface area contributed by atoms with Crippen molar-refractivity contribution in [3.8, 4) is 5.75 Å². The molecule has 0 saturated carbocycles. The van der Waals surface area contributed by atoms with Gasteiger partial charge in [-0.25, -0.2) is 4.39 Å². The predicted octanol–water partition coefficient (Wildman–Crippen LogP) is 3.96. The van der Waals surface area contributed by atoms with Crippen LogP contribution in [0.5, 0.6) is 5.75 Å². The van der Waals surface area contributed by atoms with Gasteiger partial charge in [0.05, 0.1) is 7.11 Å². The molecule has 31 heavy (non-hydrogen) atoms. The van der Waals surface area contributed by atoms with Crippen molar-refractivity contribution < 1.29 is 18.7 Å². The molecule has 2 aromatic carbocycles. The lowest BCUT2D eigenvalue weighted by atomic mass is 9.98. The second kappa shape index (κ2) is 9.22. The van der Waals surface area contributed by atoms with E-state index in [9.17, 15) is 14.0 Å². The van der Waals surface area contributed by atoms with Crippen molar-refractivity contribution >= 4 is 28.8 Å². The fourth-order valence-electron chi connectivity index (χ4n) is 3.54. The molecule has 4 rings (SSSR count). The first-order chi connectivity index (χ1) is 15.0. The zero-order valence-electron chi connectivity index (χ0n) is 16.9. The van der Waals surface area contributed by atoms with Crippen LogP contribution in [0.25, 0.3) is 0 Å². The van der Waals surface area contributed by atoms with Crippen LogP contribution in [0.2, 0.25) is 0 Å². The quantitative estimate of drug-likeness (QED) is 0.649. The Hall–Kier alpha value is -3.33. The standard InChI is InChI=1S/C22H21FN4O3S/c1-30-18-9-2-5-14(11-18)22(29)27-10-4-6-15(13-27)20-25-26-21(31-20)19(28)24-17-8-3-7-16(23)12-17/h2-3,5,7-9,11-12,15H,4,6,10,13H2,1H3,(H,24,28). The van der Waals surface area contributed by atoms with Gasteiger partial charge in [0.25, 0.3) is 11.8 Å². The minimum atomic E-state index is -0.436. The average molecular weight is 441 g/mol. The molecule has 1 saturated heterocycles. The van der Waals surface area contributed by atoms with Gasteiger partial charge in [-0.05, 0) is 49.2 Å². The van der Waals surface area contributed by atoms with Gasteiger partial charge in [0.2, 0.25) is 5.01 Å². The lowest BCUT2D eigenvalue weighted by Gasteiger charge is -2.31. The second-order valence-electron chi connectivity index (χ2n) is 7.23. The van der Waals surface area contributed by atoms with Gasteiger partial charge in [-0.1, -0.05) is 23.5 Å². The third-order valence-corrected chi connectivity index (χ3v) is 6.18. The first kappa shape index (κ1) is 20.9. The summed E-state index contributed by atoms with van der Waals surface area (Å²) < 4.78 is 18.5. The predicted molar refractivity (Wildman–Crippen MR) is 115 cm³/mol. The molecule has 1 N–H and O–H groups in total. The maximum Gasteiger partial charge on any atom is 0.286 e. The van der Waals surface area contributed by atoms with Crippen molar-refractivity contribution in [3.05, 3.63) is 69.9 Å². The van der Waals surface area contributed by atoms with Gasteiger partial charge in [0.15, 0.2) is 0 Å². The number of piperidine rings is 1. The number of ether oxygens (including phenoxy) is 1. The van der Waals surface area contributed by atoms with Gasteiger partial charge in [-0.2, -0.15) is 0 Å². The van der Waals surface area contributed by atoms with Crippen LogP contribution in [-0.2, 0) is 0 Å². The molecular formula is C22H21FN4O3S. The summed E-state index contributed by atoms with van der Waals surface area (Å²) in [4.78, 5) is 27.2. The monoisotopic (exact) mass is 440 g/mol. The summed E-state index contributed by atoms with van der Waals surface area (Å²) in [5.74, 6) is -0.278. The van der Waals surface area contributed by atoms with Gasteiger partial charge in [-0.15, -0.1) is 10.2 Å². The lowest BCUT2D eigenvalue weighted by molar-refractivity contribution is 0.0706. The first-order valence-electron chi connectivity index (χ1n) is 9.87. The highest BCUT2D eigenvalue weighted by molar-refractivity contribution is 7.13. The van der Waals surface area contributed by atoms with Crippen LogP contribution in [0.3, 0.4) is 0 Å². The van der Waals surface area contributed by atoms with E-state index in [2.05, 4.69) is 15.5 Å². The van der Waals surface area contributed by atoms with Crippen molar-refractivity contribution in [3.63, 3.8) is 0 Å². The number of hydrogen-bond acceptors (Lipinski definition) is 6. The normalized spacial score (nSPS) is 16.1. The number of anilines is 1. The first-order valence-corrected chi connectivity index (χ1v) is 10.7. The summed E-state index contributed by atoms with van der Waals surface area (Å²) in [5.41, 5.74) is 0.932. The molecule has 1 aromatic heterocycles. The van der Waals surface area contributed by atoms with E-state index in [1.54, 1.807) is 42.3 Å². The van der Waals surface area contributed by atoms with Crippen LogP contribution in [-0.4, -0.2) is 47.1 Å². The Morgan fingerprint density at radius 2 is 2.03 bits per heavy atom. The summed E-state index contributed by atoms with van der Waals surface area (Å²) >= 11 is 1.20. The highest BCUT2D eigenvalue weighted by Crippen LogP contribution is 2.30. The van der Waals surface area contributed by atoms with Gasteiger partial charge >= 0.3 is 0 Å². The van der Waals surface area contributed by atoms with Gasteiger partial charge in [0, 0.05) is 30.3 Å². The number of nitrogens with zero attached hydrogens (tertiary/aromatic N) is 3. The molecule has 1 aliphatic heterocycles. The summed E-state index contributed by atoms with van der Waals surface area (Å²) in [6, 6.07) is 12.8. The molecule has 1 fully saturated rings. The topological polar surface area (TPSA) is 84.4 Å². The minimum absolute atomic E-state index is 0.0107. The maximum atomic E-state index is 13.3. The van der Waals surface area contributed by atoms with Crippen molar-refractivity contribution in [2.24, 2.45) is 0 Å². The van der Waals surface area contributed by atoms with Crippen LogP contribution in [0.4, 0.5) is 10.1 Å². The van der Waals surface area contributed by atoms with Gasteiger partial charge in [-0.3, -0.25) is 9.59 Å². The Morgan fingerprint density at radius 3 is 2.84 bits per heavy atom. The molecule has 7 nitrogen and oxygen atoms in total. The highest BCUT2D eigenvalue weighted by atomic mass is 32.1. The van der Waals surface area contributed by atoms with Crippen LogP contribution < -0.4 is 10.1 Å². The molecular weight excluding hydrogens is 419 g/mol. The fraction of sp³-hybridized carbons (Fsp3) is 0.273. The summed E-state index contributed by atoms with van der Waals surface area (Å²) in [6.07, 6.45) is 1.70. The van der Waals surface area contributed by atoms with E-state index >= 15 is 0 Å². The van der Waals surface area contributed by atoms with Gasteiger partial charge in [0.1, 0.15) is 16.6 Å². The third kappa shape index (κ3) is 4.88. The van der Waals surface area contributed by atoms with Crippen LogP contribution >= 0.6 is 11.3 Å². The number of nitrogens with one attached hydrogen (secondary N) is 1. The number of amides is 2. The second-order valence-corrected chi connectivity index (χ2v) is 8.24. The van der Waals surface area contributed by atoms with Crippen molar-refractivity contribution in [2.75, 3.05) is 25.5 Å². The number of aromatic nitrogens is 2. The van der Waals surface area contributed by atoms with E-state index in [0.717, 1.165) is 12.8 Å². The van der Waals surface area contributed by atoms with Crippen molar-refractivity contribution in [1.29, 1.82) is 0 Å². The van der Waals surface area contributed by atoms with E-state index in [1.807, 2.05) is 0 Å². The molecule has 160 valence electrons. The zero-order valence-corrected chi connectivity index (χ0v) is 17.7. The molecule has 1 atom stereocenters. The number of halogens is 1. The molecule has 2 heterocycles. The molecule has 0 bridgehead atoms. The average Bonchev–Trinajstić information content (AvgIpc) is 3.29. The molecule has 3 aromatic rings. The van der Waals surface area contributed by atoms with E-state index in [4.69, 9.17) is 4.74 Å². The van der Waals surface area contributed by atoms with Gasteiger partial charge < -0.3 is 15.0 Å². The van der Waals surface area contributed by atoms with Crippen molar-refractivity contribution in [1.82, 2.24) is 15.1 Å². The molecule has 9 heteroatoms. The number of carbonyl (C=O) groups is 2. The maximum absolute atomic E-state index is 13.3. The van der Waals surface area contributed by atoms with Crippen LogP contribution in [0, 0.1) is 5.82 Å². The Bertz CT molecular complexity index is 1100. The fourth-order valence-corrected chi connectivity index (χ4v) is 4.41. The number of benzene rings is 2. The molecule has 0 radical (unpaired) electrons. The Labute approximate surface area is 182 Å². The number of carbonyl (C=O) groups excluding carboxylic acids is 2. The van der Waals surface area contributed by atoms with Crippen LogP contribution in [0.1, 0.15) is 43.9 Å². The van der Waals surface area contributed by atoms with E-state index in [0.29, 0.717) is 35.1 Å². The number of methoxy groups -OCH3 is 1. The highest BCUT2D eigenvalue weighted by Gasteiger charge is 2.28. The molecule has 0 aliphatic carbocycles. The van der Waals surface area contributed by atoms with Crippen molar-refractivity contribution in [2.45, 2.75) is 18.8 Å². The Balaban J connectivity index is 1.43. The van der Waals surface area contributed by atoms with E-state index < -0.39 is 11.7 Å². The molecule has 1 unspecified atom stereocenters. The molecule has 2 amide bonds. The largest absolute Gasteiger partial charge is 0.497 e. The SMILES string of the molecule is COc1cccc(C(=O)N2CCCC(c3nnc(C(=O)Nc4cccc(F)c4)s3)C2)c1. The zero-order chi connectivity index (χ0) is 21.8. The lowest BCUT2D eigenvalue weighted by Crippen LogP contribution is -2.39. The number of likely N-dealkylation sites (tertiary alicyclic amines) is 1. The Kier molecular flexibility index (Phi) is 6.22. The summed E-state index contributed by atoms with van der Waals surface area (Å²) in [5, 5.41) is 11.7. The molecule has 0 spiro atoms. The van der Waals surface area contributed by atoms with Crippen LogP contribution in [0.15, 0.2) is 48.5 Å². The third-order valence-electron chi connectivity index (χ3n) is 5.09. The number of hydrogen-bond donors (Lipinski definition) is 1. The van der Waals surface area contributed by atoms with E-state index in [-0.39, 0.29) is 16.8 Å². The minimum Gasteiger partial charge on any atom is -0.497 e. The van der Waals surface area contributed by atoms with E-state index in [1.165, 1.54) is 29.5 Å². The Morgan fingerprint density at radius 1 is 1.19 bits per heavy atom. The number of rotatable bonds is 5.